The summed E-state index contributed by atoms with van der Waals surface area (Å²) >= 11 is 5.98. The molecule has 0 aromatic heterocycles. The Morgan fingerprint density at radius 2 is 2.00 bits per heavy atom. The van der Waals surface area contributed by atoms with Crippen LogP contribution in [0.4, 0.5) is 0 Å². The lowest BCUT2D eigenvalue weighted by molar-refractivity contribution is -0.123. The minimum atomic E-state index is -0.332. The van der Waals surface area contributed by atoms with E-state index in [-0.39, 0.29) is 12.5 Å². The summed E-state index contributed by atoms with van der Waals surface area (Å²) in [5.74, 6) is 0.329. The standard InChI is InChI=1S/C17H17ClN2O2/c1-12-7-8-15(9-13(12)2)22-11-17(21)20-19-10-14-5-3-4-6-16(14)18/h3-10H,11H2,1-2H3,(H,20,21). The SMILES string of the molecule is Cc1ccc(OCC(=O)NN=Cc2ccccc2Cl)cc1C. The number of amides is 1. The number of aryl methyl sites for hydroxylation is 2. The first-order valence-corrected chi connectivity index (χ1v) is 7.20. The maximum Gasteiger partial charge on any atom is 0.277 e. The molecule has 0 saturated carbocycles. The van der Waals surface area contributed by atoms with Gasteiger partial charge in [-0.2, -0.15) is 5.10 Å². The molecule has 2 rings (SSSR count). The zero-order chi connectivity index (χ0) is 15.9. The molecule has 5 heteroatoms. The van der Waals surface area contributed by atoms with Crippen LogP contribution in [0.2, 0.25) is 5.02 Å². The van der Waals surface area contributed by atoms with Crippen LogP contribution in [-0.4, -0.2) is 18.7 Å². The fourth-order valence-corrected chi connectivity index (χ4v) is 1.92. The van der Waals surface area contributed by atoms with E-state index >= 15 is 0 Å². The monoisotopic (exact) mass is 316 g/mol. The fourth-order valence-electron chi connectivity index (χ4n) is 1.74. The summed E-state index contributed by atoms with van der Waals surface area (Å²) in [6, 6.07) is 12.9. The normalized spacial score (nSPS) is 10.7. The van der Waals surface area contributed by atoms with Gasteiger partial charge in [0.1, 0.15) is 5.75 Å². The lowest BCUT2D eigenvalue weighted by Gasteiger charge is -2.07. The summed E-state index contributed by atoms with van der Waals surface area (Å²) < 4.78 is 5.42. The summed E-state index contributed by atoms with van der Waals surface area (Å²) in [5.41, 5.74) is 5.44. The number of hydrogen-bond donors (Lipinski definition) is 1. The minimum absolute atomic E-state index is 0.0949. The molecule has 0 radical (unpaired) electrons. The van der Waals surface area contributed by atoms with Crippen LogP contribution in [0.1, 0.15) is 16.7 Å². The van der Waals surface area contributed by atoms with Crippen molar-refractivity contribution in [1.82, 2.24) is 5.43 Å². The third-order valence-corrected chi connectivity index (χ3v) is 3.49. The van der Waals surface area contributed by atoms with Gasteiger partial charge in [-0.25, -0.2) is 5.43 Å². The van der Waals surface area contributed by atoms with Crippen LogP contribution in [0, 0.1) is 13.8 Å². The average molecular weight is 317 g/mol. The molecule has 2 aromatic rings. The Hall–Kier alpha value is -2.33. The molecule has 1 amide bonds. The van der Waals surface area contributed by atoms with Crippen molar-refractivity contribution in [2.75, 3.05) is 6.61 Å². The second-order valence-electron chi connectivity index (χ2n) is 4.85. The van der Waals surface area contributed by atoms with Gasteiger partial charge < -0.3 is 4.74 Å². The lowest BCUT2D eigenvalue weighted by Crippen LogP contribution is -2.24. The van der Waals surface area contributed by atoms with Crippen molar-refractivity contribution in [2.24, 2.45) is 5.10 Å². The Kier molecular flexibility index (Phi) is 5.55. The van der Waals surface area contributed by atoms with Crippen molar-refractivity contribution in [3.05, 3.63) is 64.2 Å². The second-order valence-corrected chi connectivity index (χ2v) is 5.26. The molecule has 22 heavy (non-hydrogen) atoms. The first-order chi connectivity index (χ1) is 10.6. The summed E-state index contributed by atoms with van der Waals surface area (Å²) in [5, 5.41) is 4.43. The molecular weight excluding hydrogens is 300 g/mol. The van der Waals surface area contributed by atoms with Crippen LogP contribution >= 0.6 is 11.6 Å². The maximum atomic E-state index is 11.7. The van der Waals surface area contributed by atoms with Gasteiger partial charge in [-0.1, -0.05) is 35.9 Å². The van der Waals surface area contributed by atoms with Gasteiger partial charge in [-0.15, -0.1) is 0 Å². The molecule has 2 aromatic carbocycles. The highest BCUT2D eigenvalue weighted by Crippen LogP contribution is 2.16. The number of ether oxygens (including phenoxy) is 1. The number of nitrogens with zero attached hydrogens (tertiary/aromatic N) is 1. The third kappa shape index (κ3) is 4.60. The fraction of sp³-hybridized carbons (Fsp3) is 0.176. The Bertz CT molecular complexity index is 699. The van der Waals surface area contributed by atoms with Crippen molar-refractivity contribution in [2.45, 2.75) is 13.8 Å². The Balaban J connectivity index is 1.83. The topological polar surface area (TPSA) is 50.7 Å². The van der Waals surface area contributed by atoms with E-state index in [9.17, 15) is 4.79 Å². The molecule has 0 spiro atoms. The van der Waals surface area contributed by atoms with E-state index in [1.54, 1.807) is 6.07 Å². The van der Waals surface area contributed by atoms with E-state index in [0.717, 1.165) is 11.1 Å². The number of carbonyl (C=O) groups is 1. The van der Waals surface area contributed by atoms with Crippen LogP contribution in [-0.2, 0) is 4.79 Å². The molecule has 0 saturated heterocycles. The van der Waals surface area contributed by atoms with E-state index in [4.69, 9.17) is 16.3 Å². The molecular formula is C17H17ClN2O2. The van der Waals surface area contributed by atoms with Crippen LogP contribution < -0.4 is 10.2 Å². The highest BCUT2D eigenvalue weighted by atomic mass is 35.5. The number of hydrogen-bond acceptors (Lipinski definition) is 3. The van der Waals surface area contributed by atoms with Gasteiger partial charge in [0.15, 0.2) is 6.61 Å². The lowest BCUT2D eigenvalue weighted by atomic mass is 10.1. The summed E-state index contributed by atoms with van der Waals surface area (Å²) in [6.45, 7) is 3.92. The van der Waals surface area contributed by atoms with Gasteiger partial charge in [0.25, 0.3) is 5.91 Å². The predicted octanol–water partition coefficient (Wildman–Crippen LogP) is 3.49. The zero-order valence-corrected chi connectivity index (χ0v) is 13.2. The predicted molar refractivity (Wildman–Crippen MR) is 88.6 cm³/mol. The van der Waals surface area contributed by atoms with Gasteiger partial charge in [0, 0.05) is 10.6 Å². The van der Waals surface area contributed by atoms with E-state index in [1.165, 1.54) is 11.8 Å². The molecule has 0 aliphatic heterocycles. The Morgan fingerprint density at radius 3 is 2.73 bits per heavy atom. The van der Waals surface area contributed by atoms with Crippen LogP contribution in [0.3, 0.4) is 0 Å². The molecule has 0 heterocycles. The number of hydrazone groups is 1. The number of carbonyl (C=O) groups excluding carboxylic acids is 1. The largest absolute Gasteiger partial charge is 0.484 e. The molecule has 0 bridgehead atoms. The number of halogens is 1. The number of nitrogens with one attached hydrogen (secondary N) is 1. The summed E-state index contributed by atoms with van der Waals surface area (Å²) in [4.78, 5) is 11.7. The van der Waals surface area contributed by atoms with Crippen molar-refractivity contribution < 1.29 is 9.53 Å². The Morgan fingerprint density at radius 1 is 1.23 bits per heavy atom. The van der Waals surface area contributed by atoms with Gasteiger partial charge in [-0.05, 0) is 43.2 Å². The summed E-state index contributed by atoms with van der Waals surface area (Å²) in [6.07, 6.45) is 1.50. The third-order valence-electron chi connectivity index (χ3n) is 3.15. The molecule has 0 aliphatic rings. The average Bonchev–Trinajstić information content (AvgIpc) is 2.50. The van der Waals surface area contributed by atoms with Crippen molar-refractivity contribution in [3.8, 4) is 5.75 Å². The van der Waals surface area contributed by atoms with Gasteiger partial charge in [-0.3, -0.25) is 4.79 Å². The molecule has 0 aliphatic carbocycles. The first-order valence-electron chi connectivity index (χ1n) is 6.83. The van der Waals surface area contributed by atoms with Gasteiger partial charge in [0.05, 0.1) is 6.21 Å². The van der Waals surface area contributed by atoms with Crippen molar-refractivity contribution >= 4 is 23.7 Å². The molecule has 0 atom stereocenters. The quantitative estimate of drug-likeness (QED) is 0.678. The van der Waals surface area contributed by atoms with Gasteiger partial charge >= 0.3 is 0 Å². The molecule has 114 valence electrons. The van der Waals surface area contributed by atoms with E-state index in [1.807, 2.05) is 50.2 Å². The first kappa shape index (κ1) is 16.0. The number of benzene rings is 2. The van der Waals surface area contributed by atoms with Crippen molar-refractivity contribution in [3.63, 3.8) is 0 Å². The highest BCUT2D eigenvalue weighted by Gasteiger charge is 2.02. The molecule has 4 nitrogen and oxygen atoms in total. The minimum Gasteiger partial charge on any atom is -0.484 e. The second kappa shape index (κ2) is 7.61. The van der Waals surface area contributed by atoms with Crippen LogP contribution in [0.5, 0.6) is 5.75 Å². The zero-order valence-electron chi connectivity index (χ0n) is 12.5. The molecule has 0 unspecified atom stereocenters. The van der Waals surface area contributed by atoms with E-state index in [0.29, 0.717) is 10.8 Å². The molecule has 1 N–H and O–H groups in total. The number of rotatable bonds is 5. The van der Waals surface area contributed by atoms with E-state index in [2.05, 4.69) is 10.5 Å². The van der Waals surface area contributed by atoms with Crippen LogP contribution in [0.25, 0.3) is 0 Å². The van der Waals surface area contributed by atoms with Crippen molar-refractivity contribution in [1.29, 1.82) is 0 Å². The molecule has 0 fully saturated rings. The van der Waals surface area contributed by atoms with Crippen LogP contribution in [0.15, 0.2) is 47.6 Å². The van der Waals surface area contributed by atoms with Gasteiger partial charge in [0.2, 0.25) is 0 Å². The highest BCUT2D eigenvalue weighted by molar-refractivity contribution is 6.33. The summed E-state index contributed by atoms with van der Waals surface area (Å²) in [7, 11) is 0. The van der Waals surface area contributed by atoms with E-state index < -0.39 is 0 Å². The maximum absolute atomic E-state index is 11.7. The Labute approximate surface area is 134 Å². The smallest absolute Gasteiger partial charge is 0.277 e.